The molecular weight excluding hydrogens is 623 g/mol. The molecule has 0 amide bonds. The average molecular weight is 652 g/mol. The van der Waals surface area contributed by atoms with Crippen molar-refractivity contribution >= 4 is 43.5 Å². The largest absolute Gasteiger partial charge is 0.456 e. The molecular formula is C47H29N3O. The van der Waals surface area contributed by atoms with E-state index >= 15 is 0 Å². The predicted octanol–water partition coefficient (Wildman–Crippen LogP) is 12.4. The van der Waals surface area contributed by atoms with Crippen LogP contribution in [0.4, 0.5) is 0 Å². The molecule has 238 valence electrons. The van der Waals surface area contributed by atoms with Crippen LogP contribution in [0.15, 0.2) is 180 Å². The van der Waals surface area contributed by atoms with Crippen LogP contribution in [0.1, 0.15) is 0 Å². The smallest absolute Gasteiger partial charge is 0.164 e. The second-order valence-electron chi connectivity index (χ2n) is 12.8. The molecule has 0 radical (unpaired) electrons. The van der Waals surface area contributed by atoms with Crippen molar-refractivity contribution < 1.29 is 4.42 Å². The van der Waals surface area contributed by atoms with Gasteiger partial charge in [0.05, 0.1) is 0 Å². The lowest BCUT2D eigenvalue weighted by Gasteiger charge is -2.13. The van der Waals surface area contributed by atoms with Gasteiger partial charge in [-0.25, -0.2) is 15.0 Å². The third-order valence-electron chi connectivity index (χ3n) is 9.73. The summed E-state index contributed by atoms with van der Waals surface area (Å²) in [5, 5.41) is 6.74. The zero-order valence-corrected chi connectivity index (χ0v) is 27.5. The van der Waals surface area contributed by atoms with E-state index in [2.05, 4.69) is 140 Å². The molecule has 0 saturated heterocycles. The Labute approximate surface area is 294 Å². The SMILES string of the molecule is c1ccc(-c2ccc(-c3nc(-c4ccc5ccc6cccc(-c7ccccc7)c6c5c4)nc(-c4cccc5oc6ccccc6c45)n3)cc2)cc1. The topological polar surface area (TPSA) is 51.8 Å². The molecule has 0 saturated carbocycles. The first-order valence-electron chi connectivity index (χ1n) is 17.1. The molecule has 0 aliphatic carbocycles. The molecule has 0 N–H and O–H groups in total. The zero-order valence-electron chi connectivity index (χ0n) is 27.5. The van der Waals surface area contributed by atoms with Crippen LogP contribution in [0.5, 0.6) is 0 Å². The van der Waals surface area contributed by atoms with Gasteiger partial charge in [-0.2, -0.15) is 0 Å². The lowest BCUT2D eigenvalue weighted by atomic mass is 9.93. The van der Waals surface area contributed by atoms with Gasteiger partial charge in [0.25, 0.3) is 0 Å². The van der Waals surface area contributed by atoms with Crippen LogP contribution in [0, 0.1) is 0 Å². The molecule has 2 aromatic heterocycles. The molecule has 4 heteroatoms. The number of rotatable bonds is 5. The lowest BCUT2D eigenvalue weighted by Crippen LogP contribution is -2.00. The fourth-order valence-electron chi connectivity index (χ4n) is 7.26. The molecule has 2 heterocycles. The second kappa shape index (κ2) is 11.9. The molecule has 0 atom stereocenters. The Bertz CT molecular complexity index is 2900. The summed E-state index contributed by atoms with van der Waals surface area (Å²) in [6.07, 6.45) is 0. The van der Waals surface area contributed by atoms with Crippen LogP contribution in [0.3, 0.4) is 0 Å². The summed E-state index contributed by atoms with van der Waals surface area (Å²) in [5.41, 5.74) is 9.07. The van der Waals surface area contributed by atoms with Gasteiger partial charge in [-0.3, -0.25) is 0 Å². The van der Waals surface area contributed by atoms with Gasteiger partial charge >= 0.3 is 0 Å². The van der Waals surface area contributed by atoms with E-state index in [9.17, 15) is 0 Å². The normalized spacial score (nSPS) is 11.5. The molecule has 10 aromatic rings. The Morgan fingerprint density at radius 3 is 1.71 bits per heavy atom. The van der Waals surface area contributed by atoms with Gasteiger partial charge in [-0.05, 0) is 62.0 Å². The fourth-order valence-corrected chi connectivity index (χ4v) is 7.26. The predicted molar refractivity (Wildman–Crippen MR) is 209 cm³/mol. The van der Waals surface area contributed by atoms with Crippen molar-refractivity contribution in [3.05, 3.63) is 176 Å². The van der Waals surface area contributed by atoms with Crippen LogP contribution < -0.4 is 0 Å². The molecule has 8 aromatic carbocycles. The molecule has 0 unspecified atom stereocenters. The van der Waals surface area contributed by atoms with Crippen LogP contribution >= 0.6 is 0 Å². The van der Waals surface area contributed by atoms with Crippen molar-refractivity contribution in [2.75, 3.05) is 0 Å². The minimum absolute atomic E-state index is 0.599. The summed E-state index contributed by atoms with van der Waals surface area (Å²) < 4.78 is 6.27. The van der Waals surface area contributed by atoms with Crippen molar-refractivity contribution in [1.82, 2.24) is 15.0 Å². The van der Waals surface area contributed by atoms with E-state index in [1.54, 1.807) is 0 Å². The highest BCUT2D eigenvalue weighted by Crippen LogP contribution is 2.39. The van der Waals surface area contributed by atoms with E-state index in [1.807, 2.05) is 36.4 Å². The number of fused-ring (bicyclic) bond motifs is 6. The van der Waals surface area contributed by atoms with Crippen molar-refractivity contribution in [3.8, 4) is 56.4 Å². The minimum atomic E-state index is 0.599. The highest BCUT2D eigenvalue weighted by atomic mass is 16.3. The van der Waals surface area contributed by atoms with Crippen molar-refractivity contribution in [2.45, 2.75) is 0 Å². The van der Waals surface area contributed by atoms with Crippen molar-refractivity contribution in [1.29, 1.82) is 0 Å². The van der Waals surface area contributed by atoms with Crippen molar-refractivity contribution in [3.63, 3.8) is 0 Å². The standard InChI is InChI=1S/C47H29N3O/c1-3-11-30(12-4-1)31-21-26-35(27-22-31)45-48-46(50-47(49-45)39-18-10-20-42-44(39)38-16-7-8-19-41(38)51-42)36-28-24-33-23-25-34-15-9-17-37(43(34)40(33)29-36)32-13-5-2-6-14-32/h1-29H. The summed E-state index contributed by atoms with van der Waals surface area (Å²) in [4.78, 5) is 15.5. The van der Waals surface area contributed by atoms with Gasteiger partial charge in [0.1, 0.15) is 11.2 Å². The minimum Gasteiger partial charge on any atom is -0.456 e. The van der Waals surface area contributed by atoms with Gasteiger partial charge in [-0.15, -0.1) is 0 Å². The van der Waals surface area contributed by atoms with Gasteiger partial charge in [0, 0.05) is 27.5 Å². The molecule has 0 fully saturated rings. The maximum Gasteiger partial charge on any atom is 0.164 e. The maximum atomic E-state index is 6.27. The third-order valence-corrected chi connectivity index (χ3v) is 9.73. The van der Waals surface area contributed by atoms with E-state index in [-0.39, 0.29) is 0 Å². The summed E-state index contributed by atoms with van der Waals surface area (Å²) in [7, 11) is 0. The van der Waals surface area contributed by atoms with Gasteiger partial charge < -0.3 is 4.42 Å². The number of furan rings is 1. The van der Waals surface area contributed by atoms with E-state index in [1.165, 1.54) is 21.9 Å². The molecule has 10 rings (SSSR count). The number of para-hydroxylation sites is 1. The first-order valence-corrected chi connectivity index (χ1v) is 17.1. The Hall–Kier alpha value is -6.91. The van der Waals surface area contributed by atoms with Crippen LogP contribution in [-0.2, 0) is 0 Å². The van der Waals surface area contributed by atoms with Gasteiger partial charge in [0.2, 0.25) is 0 Å². The molecule has 0 bridgehead atoms. The fraction of sp³-hybridized carbons (Fsp3) is 0. The average Bonchev–Trinajstić information content (AvgIpc) is 3.60. The molecule has 4 nitrogen and oxygen atoms in total. The number of aromatic nitrogens is 3. The maximum absolute atomic E-state index is 6.27. The van der Waals surface area contributed by atoms with Crippen LogP contribution in [0.2, 0.25) is 0 Å². The highest BCUT2D eigenvalue weighted by molar-refractivity contribution is 6.15. The zero-order chi connectivity index (χ0) is 33.7. The molecule has 0 aliphatic heterocycles. The number of nitrogens with zero attached hydrogens (tertiary/aromatic N) is 3. The summed E-state index contributed by atoms with van der Waals surface area (Å²) >= 11 is 0. The Morgan fingerprint density at radius 1 is 0.314 bits per heavy atom. The van der Waals surface area contributed by atoms with Crippen molar-refractivity contribution in [2.24, 2.45) is 0 Å². The number of benzene rings is 8. The molecule has 0 spiro atoms. The van der Waals surface area contributed by atoms with E-state index in [4.69, 9.17) is 19.4 Å². The Morgan fingerprint density at radius 2 is 0.882 bits per heavy atom. The third kappa shape index (κ3) is 5.04. The summed E-state index contributed by atoms with van der Waals surface area (Å²) in [6, 6.07) is 61.1. The second-order valence-corrected chi connectivity index (χ2v) is 12.8. The van der Waals surface area contributed by atoms with Gasteiger partial charge in [0.15, 0.2) is 17.5 Å². The van der Waals surface area contributed by atoms with E-state index in [0.29, 0.717) is 17.5 Å². The Kier molecular flexibility index (Phi) is 6.78. The van der Waals surface area contributed by atoms with E-state index in [0.717, 1.165) is 60.5 Å². The van der Waals surface area contributed by atoms with Gasteiger partial charge in [-0.1, -0.05) is 158 Å². The number of hydrogen-bond acceptors (Lipinski definition) is 4. The first kappa shape index (κ1) is 29.0. The monoisotopic (exact) mass is 651 g/mol. The summed E-state index contributed by atoms with van der Waals surface area (Å²) in [6.45, 7) is 0. The molecule has 0 aliphatic rings. The van der Waals surface area contributed by atoms with Crippen LogP contribution in [-0.4, -0.2) is 15.0 Å². The van der Waals surface area contributed by atoms with Crippen LogP contribution in [0.25, 0.3) is 99.9 Å². The highest BCUT2D eigenvalue weighted by Gasteiger charge is 2.18. The summed E-state index contributed by atoms with van der Waals surface area (Å²) in [5.74, 6) is 1.83. The van der Waals surface area contributed by atoms with E-state index < -0.39 is 0 Å². The lowest BCUT2D eigenvalue weighted by molar-refractivity contribution is 0.669. The number of hydrogen-bond donors (Lipinski definition) is 0. The first-order chi connectivity index (χ1) is 25.3. The quantitative estimate of drug-likeness (QED) is 0.174. The molecule has 51 heavy (non-hydrogen) atoms. The Balaban J connectivity index is 1.20.